The van der Waals surface area contributed by atoms with Crippen LogP contribution in [0.3, 0.4) is 0 Å². The van der Waals surface area contributed by atoms with E-state index in [1.807, 2.05) is 31.2 Å². The first-order chi connectivity index (χ1) is 17.0. The van der Waals surface area contributed by atoms with E-state index in [-0.39, 0.29) is 12.1 Å². The van der Waals surface area contributed by atoms with Crippen molar-refractivity contribution in [2.45, 2.75) is 32.9 Å². The number of carbonyl (C=O) groups is 2. The zero-order valence-electron chi connectivity index (χ0n) is 21.3. The second kappa shape index (κ2) is 13.5. The van der Waals surface area contributed by atoms with Gasteiger partial charge in [-0.05, 0) is 43.6 Å². The van der Waals surface area contributed by atoms with Crippen molar-refractivity contribution in [3.05, 3.63) is 46.7 Å². The average Bonchev–Trinajstić information content (AvgIpc) is 3.41. The molecule has 1 aliphatic rings. The summed E-state index contributed by atoms with van der Waals surface area (Å²) in [7, 11) is 1.70. The molecular weight excluding hydrogens is 462 g/mol. The average molecular weight is 502 g/mol. The number of anilines is 1. The van der Waals surface area contributed by atoms with Gasteiger partial charge < -0.3 is 25.2 Å². The topological polar surface area (TPSA) is 77.2 Å². The maximum absolute atomic E-state index is 12.7. The lowest BCUT2D eigenvalue weighted by atomic mass is 10.0. The Morgan fingerprint density at radius 3 is 2.40 bits per heavy atom. The lowest BCUT2D eigenvalue weighted by molar-refractivity contribution is -0.139. The molecule has 2 atom stereocenters. The van der Waals surface area contributed by atoms with Gasteiger partial charge in [0, 0.05) is 50.2 Å². The number of nitrogens with zero attached hydrogens (tertiary/aromatic N) is 3. The van der Waals surface area contributed by atoms with Crippen LogP contribution < -0.4 is 20.3 Å². The maximum Gasteiger partial charge on any atom is 0.309 e. The number of piperazine rings is 1. The van der Waals surface area contributed by atoms with E-state index in [0.717, 1.165) is 57.3 Å². The number of para-hydroxylation sites is 2. The lowest BCUT2D eigenvalue weighted by Crippen LogP contribution is -2.54. The third kappa shape index (κ3) is 7.19. The Balaban J connectivity index is 1.60. The highest BCUT2D eigenvalue weighted by molar-refractivity contribution is 7.10. The van der Waals surface area contributed by atoms with Gasteiger partial charge in [-0.25, -0.2) is 0 Å². The first-order valence-corrected chi connectivity index (χ1v) is 13.3. The summed E-state index contributed by atoms with van der Waals surface area (Å²) in [5.74, 6) is -0.274. The summed E-state index contributed by atoms with van der Waals surface area (Å²) in [5.41, 5.74) is 1.10. The fraction of sp³-hybridized carbons (Fsp3) is 0.538. The second-order valence-corrected chi connectivity index (χ2v) is 9.68. The summed E-state index contributed by atoms with van der Waals surface area (Å²) < 4.78 is 5.55. The van der Waals surface area contributed by atoms with Gasteiger partial charge in [0.15, 0.2) is 0 Å². The van der Waals surface area contributed by atoms with Gasteiger partial charge in [0.2, 0.25) is 0 Å². The Hall–Kier alpha value is -2.62. The molecule has 1 aromatic heterocycles. The highest BCUT2D eigenvalue weighted by Gasteiger charge is 2.32. The molecule has 0 radical (unpaired) electrons. The number of ether oxygens (including phenoxy) is 1. The van der Waals surface area contributed by atoms with E-state index >= 15 is 0 Å². The molecule has 2 aromatic rings. The van der Waals surface area contributed by atoms with E-state index in [9.17, 15) is 9.59 Å². The van der Waals surface area contributed by atoms with E-state index in [1.54, 1.807) is 18.4 Å². The Labute approximate surface area is 213 Å². The van der Waals surface area contributed by atoms with Crippen LogP contribution in [0.25, 0.3) is 0 Å². The highest BCUT2D eigenvalue weighted by Crippen LogP contribution is 2.32. The number of nitrogens with one attached hydrogen (secondary N) is 2. The molecule has 1 aliphatic heterocycles. The van der Waals surface area contributed by atoms with Crippen molar-refractivity contribution < 1.29 is 14.3 Å². The largest absolute Gasteiger partial charge is 0.495 e. The summed E-state index contributed by atoms with van der Waals surface area (Å²) in [6.07, 6.45) is 0. The van der Waals surface area contributed by atoms with Crippen LogP contribution in [0.15, 0.2) is 41.8 Å². The van der Waals surface area contributed by atoms with Gasteiger partial charge in [0.1, 0.15) is 5.75 Å². The van der Waals surface area contributed by atoms with Crippen LogP contribution in [-0.4, -0.2) is 87.1 Å². The molecule has 2 N–H and O–H groups in total. The first-order valence-electron chi connectivity index (χ1n) is 12.4. The number of amides is 2. The van der Waals surface area contributed by atoms with E-state index in [2.05, 4.69) is 56.7 Å². The Morgan fingerprint density at radius 2 is 1.77 bits per heavy atom. The van der Waals surface area contributed by atoms with E-state index in [0.29, 0.717) is 6.54 Å². The predicted molar refractivity (Wildman–Crippen MR) is 142 cm³/mol. The molecule has 0 aliphatic carbocycles. The SMILES string of the molecule is CCN(CC)CCNC(=O)C(=O)N[C@@H](C)[C@H](c1cccs1)N1CCN(c2ccccc2OC)CC1. The minimum atomic E-state index is -0.578. The number of likely N-dealkylation sites (N-methyl/N-ethyl adjacent to an activating group) is 1. The molecule has 35 heavy (non-hydrogen) atoms. The van der Waals surface area contributed by atoms with E-state index in [1.165, 1.54) is 4.88 Å². The molecule has 1 saturated heterocycles. The zero-order chi connectivity index (χ0) is 25.2. The monoisotopic (exact) mass is 501 g/mol. The molecule has 2 amide bonds. The van der Waals surface area contributed by atoms with Crippen LogP contribution in [0.5, 0.6) is 5.75 Å². The predicted octanol–water partition coefficient (Wildman–Crippen LogP) is 2.58. The van der Waals surface area contributed by atoms with Gasteiger partial charge in [-0.15, -0.1) is 11.3 Å². The molecule has 3 rings (SSSR count). The third-order valence-electron chi connectivity index (χ3n) is 6.61. The van der Waals surface area contributed by atoms with Crippen molar-refractivity contribution in [3.63, 3.8) is 0 Å². The van der Waals surface area contributed by atoms with E-state index in [4.69, 9.17) is 4.74 Å². The molecule has 192 valence electrons. The smallest absolute Gasteiger partial charge is 0.309 e. The molecule has 9 heteroatoms. The fourth-order valence-electron chi connectivity index (χ4n) is 4.63. The van der Waals surface area contributed by atoms with Crippen LogP contribution in [0, 0.1) is 0 Å². The number of carbonyl (C=O) groups excluding carboxylic acids is 2. The zero-order valence-corrected chi connectivity index (χ0v) is 22.1. The Morgan fingerprint density at radius 1 is 1.06 bits per heavy atom. The lowest BCUT2D eigenvalue weighted by Gasteiger charge is -2.42. The highest BCUT2D eigenvalue weighted by atomic mass is 32.1. The van der Waals surface area contributed by atoms with Crippen molar-refractivity contribution in [3.8, 4) is 5.75 Å². The molecular formula is C26H39N5O3S. The number of hydrogen-bond acceptors (Lipinski definition) is 7. The molecule has 0 saturated carbocycles. The van der Waals surface area contributed by atoms with Gasteiger partial charge in [-0.1, -0.05) is 32.0 Å². The van der Waals surface area contributed by atoms with Crippen molar-refractivity contribution in [1.29, 1.82) is 0 Å². The second-order valence-electron chi connectivity index (χ2n) is 8.70. The number of rotatable bonds is 11. The summed E-state index contributed by atoms with van der Waals surface area (Å²) in [6, 6.07) is 12.0. The molecule has 1 aromatic carbocycles. The van der Waals surface area contributed by atoms with Gasteiger partial charge in [0.05, 0.1) is 18.8 Å². The summed E-state index contributed by atoms with van der Waals surface area (Å²) in [6.45, 7) is 12.6. The molecule has 8 nitrogen and oxygen atoms in total. The van der Waals surface area contributed by atoms with Crippen LogP contribution in [0.2, 0.25) is 0 Å². The molecule has 0 unspecified atom stereocenters. The van der Waals surface area contributed by atoms with Crippen LogP contribution in [0.1, 0.15) is 31.7 Å². The molecule has 0 bridgehead atoms. The maximum atomic E-state index is 12.7. The quantitative estimate of drug-likeness (QED) is 0.461. The molecule has 1 fully saturated rings. The van der Waals surface area contributed by atoms with Crippen LogP contribution >= 0.6 is 11.3 Å². The van der Waals surface area contributed by atoms with Crippen LogP contribution in [-0.2, 0) is 9.59 Å². The van der Waals surface area contributed by atoms with Crippen molar-refractivity contribution in [2.75, 3.05) is 64.4 Å². The molecule has 2 heterocycles. The minimum Gasteiger partial charge on any atom is -0.495 e. The first kappa shape index (κ1) is 27.0. The van der Waals surface area contributed by atoms with Crippen LogP contribution in [0.4, 0.5) is 5.69 Å². The minimum absolute atomic E-state index is 0.00208. The van der Waals surface area contributed by atoms with Gasteiger partial charge >= 0.3 is 11.8 Å². The fourth-order valence-corrected chi connectivity index (χ4v) is 5.60. The standard InChI is InChI=1S/C26H39N5O3S/c1-5-29(6-2)14-13-27-25(32)26(33)28-20(3)24(23-12-9-19-35-23)31-17-15-30(16-18-31)21-10-7-8-11-22(21)34-4/h7-12,19-20,24H,5-6,13-18H2,1-4H3,(H,27,32)(H,28,33)/t20-,24+/m0/s1. The summed E-state index contributed by atoms with van der Waals surface area (Å²) in [4.78, 5) is 33.2. The summed E-state index contributed by atoms with van der Waals surface area (Å²) in [5, 5.41) is 7.77. The Bertz CT molecular complexity index is 927. The van der Waals surface area contributed by atoms with Crippen molar-refractivity contribution >= 4 is 28.8 Å². The number of benzene rings is 1. The molecule has 0 spiro atoms. The van der Waals surface area contributed by atoms with E-state index < -0.39 is 11.8 Å². The van der Waals surface area contributed by atoms with Crippen molar-refractivity contribution in [2.24, 2.45) is 0 Å². The number of thiophene rings is 1. The summed E-state index contributed by atoms with van der Waals surface area (Å²) >= 11 is 1.68. The Kier molecular flexibility index (Phi) is 10.4. The van der Waals surface area contributed by atoms with Gasteiger partial charge in [-0.2, -0.15) is 0 Å². The number of hydrogen-bond donors (Lipinski definition) is 2. The number of methoxy groups -OCH3 is 1. The van der Waals surface area contributed by atoms with Gasteiger partial charge in [-0.3, -0.25) is 14.5 Å². The van der Waals surface area contributed by atoms with Gasteiger partial charge in [0.25, 0.3) is 0 Å². The van der Waals surface area contributed by atoms with Crippen molar-refractivity contribution in [1.82, 2.24) is 20.4 Å². The third-order valence-corrected chi connectivity index (χ3v) is 7.56. The normalized spacial score (nSPS) is 16.1.